The van der Waals surface area contributed by atoms with Gasteiger partial charge in [0.25, 0.3) is 0 Å². The van der Waals surface area contributed by atoms with Gasteiger partial charge < -0.3 is 0 Å². The van der Waals surface area contributed by atoms with Crippen molar-refractivity contribution in [1.29, 1.82) is 0 Å². The number of hydrogen-bond acceptors (Lipinski definition) is 2. The molecule has 0 spiro atoms. The molecule has 0 saturated heterocycles. The van der Waals surface area contributed by atoms with Crippen molar-refractivity contribution in [2.45, 2.75) is 0 Å². The van der Waals surface area contributed by atoms with Crippen LogP contribution in [0.25, 0.3) is 11.0 Å². The molecular weight excluding hydrogens is 178 g/mol. The molecule has 0 saturated carbocycles. The fraction of sp³-hybridized carbons (Fsp3) is 0. The van der Waals surface area contributed by atoms with Gasteiger partial charge in [0.2, 0.25) is 0 Å². The second-order valence-corrected chi connectivity index (χ2v) is 2.41. The van der Waals surface area contributed by atoms with E-state index < -0.39 is 0 Å². The van der Waals surface area contributed by atoms with Gasteiger partial charge in [-0.1, -0.05) is 0 Å². The van der Waals surface area contributed by atoms with Gasteiger partial charge in [-0.25, -0.2) is 0 Å². The minimum absolute atomic E-state index is 0.721. The SMILES string of the molecule is [Cu][c]1cccc2[nH]nnc12. The molecule has 4 heteroatoms. The van der Waals surface area contributed by atoms with Crippen LogP contribution in [-0.4, -0.2) is 15.4 Å². The van der Waals surface area contributed by atoms with E-state index in [0.29, 0.717) is 0 Å². The first kappa shape index (κ1) is 5.89. The van der Waals surface area contributed by atoms with Crippen molar-refractivity contribution in [2.75, 3.05) is 0 Å². The number of nitrogens with zero attached hydrogens (tertiary/aromatic N) is 2. The predicted octanol–water partition coefficient (Wildman–Crippen LogP) is 0.130. The molecule has 3 nitrogen and oxygen atoms in total. The molecule has 2 aromatic rings. The Morgan fingerprint density at radius 3 is 3.10 bits per heavy atom. The number of nitrogens with one attached hydrogen (secondary N) is 1. The molecule has 0 bridgehead atoms. The second-order valence-electron chi connectivity index (χ2n) is 1.91. The van der Waals surface area contributed by atoms with Crippen LogP contribution in [0.4, 0.5) is 0 Å². The number of aromatic nitrogens is 3. The van der Waals surface area contributed by atoms with Crippen LogP contribution >= 0.6 is 0 Å². The average molecular weight is 182 g/mol. The molecule has 54 valence electrons. The van der Waals surface area contributed by atoms with Crippen LogP contribution in [0.5, 0.6) is 0 Å². The molecule has 0 fully saturated rings. The van der Waals surface area contributed by atoms with E-state index in [-0.39, 0.29) is 0 Å². The van der Waals surface area contributed by atoms with E-state index in [1.165, 1.54) is 0 Å². The number of hydrogen-bond donors (Lipinski definition) is 1. The molecule has 0 aliphatic carbocycles. The minimum atomic E-state index is 0.721. The van der Waals surface area contributed by atoms with E-state index in [1.807, 2.05) is 18.2 Å². The summed E-state index contributed by atoms with van der Waals surface area (Å²) in [5.74, 6) is 0. The van der Waals surface area contributed by atoms with E-state index in [0.717, 1.165) is 15.5 Å². The normalized spacial score (nSPS) is 10.6. The summed E-state index contributed by atoms with van der Waals surface area (Å²) in [6.07, 6.45) is 0. The molecule has 1 heterocycles. The van der Waals surface area contributed by atoms with Crippen molar-refractivity contribution in [3.8, 4) is 0 Å². The molecule has 1 aromatic carbocycles. The first-order chi connectivity index (χ1) is 4.88. The summed E-state index contributed by atoms with van der Waals surface area (Å²) in [5, 5.41) is 10.1. The predicted molar refractivity (Wildman–Crippen MR) is 33.5 cm³/mol. The molecule has 0 radical (unpaired) electrons. The van der Waals surface area contributed by atoms with Crippen LogP contribution in [0.3, 0.4) is 0 Å². The quantitative estimate of drug-likeness (QED) is 0.588. The van der Waals surface area contributed by atoms with Crippen molar-refractivity contribution in [3.63, 3.8) is 0 Å². The number of rotatable bonds is 0. The van der Waals surface area contributed by atoms with Crippen LogP contribution in [0, 0.1) is 0 Å². The van der Waals surface area contributed by atoms with Crippen LogP contribution in [-0.2, 0) is 16.0 Å². The van der Waals surface area contributed by atoms with Crippen molar-refractivity contribution >= 4 is 15.5 Å². The van der Waals surface area contributed by atoms with Crippen LogP contribution in [0.15, 0.2) is 18.2 Å². The fourth-order valence-electron chi connectivity index (χ4n) is 0.815. The average Bonchev–Trinajstić information content (AvgIpc) is 2.36. The Bertz CT molecular complexity index is 355. The molecule has 2 rings (SSSR count). The van der Waals surface area contributed by atoms with Gasteiger partial charge in [-0.2, -0.15) is 0 Å². The molecule has 0 atom stereocenters. The zero-order valence-electron chi connectivity index (χ0n) is 4.93. The van der Waals surface area contributed by atoms with Crippen molar-refractivity contribution in [2.24, 2.45) is 0 Å². The van der Waals surface area contributed by atoms with Gasteiger partial charge in [-0.05, 0) is 0 Å². The summed E-state index contributed by atoms with van der Waals surface area (Å²) < 4.78 is 0.721. The van der Waals surface area contributed by atoms with Gasteiger partial charge >= 0.3 is 65.1 Å². The van der Waals surface area contributed by atoms with E-state index in [1.54, 1.807) is 0 Å². The molecule has 0 aliphatic rings. The number of fused-ring (bicyclic) bond motifs is 1. The van der Waals surface area contributed by atoms with E-state index in [9.17, 15) is 0 Å². The maximum absolute atomic E-state index is 5.13. The summed E-state index contributed by atoms with van der Waals surface area (Å²) in [5.41, 5.74) is 1.66. The van der Waals surface area contributed by atoms with Gasteiger partial charge in [-0.15, -0.1) is 0 Å². The maximum atomic E-state index is 5.13. The Morgan fingerprint density at radius 2 is 2.30 bits per heavy atom. The van der Waals surface area contributed by atoms with Gasteiger partial charge in [0.05, 0.1) is 0 Å². The Balaban J connectivity index is 2.95. The van der Waals surface area contributed by atoms with Crippen molar-refractivity contribution in [1.82, 2.24) is 15.4 Å². The van der Waals surface area contributed by atoms with E-state index in [2.05, 4.69) is 15.4 Å². The van der Waals surface area contributed by atoms with Gasteiger partial charge in [0.15, 0.2) is 0 Å². The molecule has 1 N–H and O–H groups in total. The Kier molecular flexibility index (Phi) is 1.22. The summed E-state index contributed by atoms with van der Waals surface area (Å²) in [6, 6.07) is 5.59. The van der Waals surface area contributed by atoms with Crippen LogP contribution < -0.4 is 4.46 Å². The molecular formula is C6H4CuN3. The Hall–Kier alpha value is -0.861. The third-order valence-corrected chi connectivity index (χ3v) is 1.66. The molecule has 0 amide bonds. The number of benzene rings is 1. The summed E-state index contributed by atoms with van der Waals surface area (Å²) >= 11 is 5.13. The first-order valence-electron chi connectivity index (χ1n) is 2.79. The molecule has 1 aromatic heterocycles. The van der Waals surface area contributed by atoms with Crippen LogP contribution in [0.1, 0.15) is 0 Å². The summed E-state index contributed by atoms with van der Waals surface area (Å²) in [4.78, 5) is 0. The third-order valence-electron chi connectivity index (χ3n) is 1.28. The fourth-order valence-corrected chi connectivity index (χ4v) is 1.08. The van der Waals surface area contributed by atoms with E-state index in [4.69, 9.17) is 16.0 Å². The van der Waals surface area contributed by atoms with Crippen LogP contribution in [0.2, 0.25) is 0 Å². The summed E-state index contributed by atoms with van der Waals surface area (Å²) in [7, 11) is 0. The van der Waals surface area contributed by atoms with Gasteiger partial charge in [0.1, 0.15) is 0 Å². The molecule has 0 unspecified atom stereocenters. The third kappa shape index (κ3) is 0.735. The van der Waals surface area contributed by atoms with E-state index >= 15 is 0 Å². The van der Waals surface area contributed by atoms with Crippen molar-refractivity contribution in [3.05, 3.63) is 18.2 Å². The number of H-pyrrole nitrogens is 1. The van der Waals surface area contributed by atoms with Gasteiger partial charge in [-0.3, -0.25) is 0 Å². The zero-order chi connectivity index (χ0) is 6.97. The topological polar surface area (TPSA) is 41.6 Å². The molecule has 10 heavy (non-hydrogen) atoms. The summed E-state index contributed by atoms with van der Waals surface area (Å²) in [6.45, 7) is 0. The van der Waals surface area contributed by atoms with Crippen molar-refractivity contribution < 1.29 is 16.0 Å². The Morgan fingerprint density at radius 1 is 1.40 bits per heavy atom. The zero-order valence-corrected chi connectivity index (χ0v) is 5.87. The second kappa shape index (κ2) is 2.08. The number of aromatic amines is 1. The molecule has 0 aliphatic heterocycles. The first-order valence-corrected chi connectivity index (χ1v) is 3.26. The Labute approximate surface area is 65.6 Å². The monoisotopic (exact) mass is 181 g/mol. The standard InChI is InChI=1S/C6H4N3.Cu/c1-2-4-6-5(3-1)7-9-8-6;/h1-3H,(H,7,8,9);. The van der Waals surface area contributed by atoms with Gasteiger partial charge in [0, 0.05) is 0 Å².